The first-order valence-corrected chi connectivity index (χ1v) is 7.09. The Bertz CT molecular complexity index is 662. The number of carbonyl (C=O) groups excluding carboxylic acids is 1. The molecule has 4 nitrogen and oxygen atoms in total. The number of benzene rings is 2. The molecule has 1 N–H and O–H groups in total. The highest BCUT2D eigenvalue weighted by molar-refractivity contribution is 5.76. The molecule has 2 aromatic carbocycles. The first kappa shape index (κ1) is 15.8. The maximum Gasteiger partial charge on any atom is 0.306 e. The smallest absolute Gasteiger partial charge is 0.306 e. The quantitative estimate of drug-likeness (QED) is 0.828. The molecule has 0 saturated carbocycles. The molecule has 0 fully saturated rings. The lowest BCUT2D eigenvalue weighted by atomic mass is 9.97. The van der Waals surface area contributed by atoms with E-state index in [2.05, 4.69) is 0 Å². The van der Waals surface area contributed by atoms with Gasteiger partial charge in [0, 0.05) is 0 Å². The van der Waals surface area contributed by atoms with Gasteiger partial charge in [-0.1, -0.05) is 48.5 Å². The van der Waals surface area contributed by atoms with Gasteiger partial charge < -0.3 is 9.84 Å². The number of carboxylic acids is 1. The number of hydrogen-bond donors (Lipinski definition) is 1. The fourth-order valence-corrected chi connectivity index (χ4v) is 2.21. The van der Waals surface area contributed by atoms with Crippen molar-refractivity contribution < 1.29 is 19.4 Å². The van der Waals surface area contributed by atoms with Crippen LogP contribution < -0.4 is 0 Å². The highest BCUT2D eigenvalue weighted by Gasteiger charge is 2.10. The summed E-state index contributed by atoms with van der Waals surface area (Å²) in [4.78, 5) is 21.9. The summed E-state index contributed by atoms with van der Waals surface area (Å²) in [6.45, 7) is 2.15. The summed E-state index contributed by atoms with van der Waals surface area (Å²) in [6, 6.07) is 15.9. The predicted octanol–water partition coefficient (Wildman–Crippen LogP) is 3.57. The van der Waals surface area contributed by atoms with E-state index in [-0.39, 0.29) is 19.4 Å². The van der Waals surface area contributed by atoms with Gasteiger partial charge >= 0.3 is 11.9 Å². The van der Waals surface area contributed by atoms with Crippen LogP contribution in [0.3, 0.4) is 0 Å². The lowest BCUT2D eigenvalue weighted by Gasteiger charge is -2.12. The highest BCUT2D eigenvalue weighted by atomic mass is 16.5. The van der Waals surface area contributed by atoms with Gasteiger partial charge in [-0.25, -0.2) is 0 Å². The van der Waals surface area contributed by atoms with Crippen molar-refractivity contribution in [1.82, 2.24) is 0 Å². The van der Waals surface area contributed by atoms with Gasteiger partial charge in [0.15, 0.2) is 0 Å². The van der Waals surface area contributed by atoms with Gasteiger partial charge in [-0.15, -0.1) is 0 Å². The summed E-state index contributed by atoms with van der Waals surface area (Å²) >= 11 is 0. The second-order valence-electron chi connectivity index (χ2n) is 5.01. The molecule has 0 aromatic heterocycles. The molecule has 0 atom stereocenters. The van der Waals surface area contributed by atoms with Crippen molar-refractivity contribution in [3.63, 3.8) is 0 Å². The fourth-order valence-electron chi connectivity index (χ4n) is 2.21. The second kappa shape index (κ2) is 7.41. The van der Waals surface area contributed by atoms with E-state index in [0.29, 0.717) is 0 Å². The van der Waals surface area contributed by atoms with E-state index < -0.39 is 11.9 Å². The van der Waals surface area contributed by atoms with Crippen LogP contribution in [0.15, 0.2) is 48.5 Å². The molecule has 0 radical (unpaired) electrons. The van der Waals surface area contributed by atoms with Gasteiger partial charge in [-0.3, -0.25) is 9.59 Å². The molecule has 4 heteroatoms. The number of rotatable bonds is 6. The van der Waals surface area contributed by atoms with Crippen LogP contribution >= 0.6 is 0 Å². The van der Waals surface area contributed by atoms with Crippen LogP contribution in [0.1, 0.15) is 24.0 Å². The van der Waals surface area contributed by atoms with Crippen LogP contribution in [-0.4, -0.2) is 17.0 Å². The molecule has 0 heterocycles. The maximum absolute atomic E-state index is 11.5. The van der Waals surface area contributed by atoms with Crippen molar-refractivity contribution >= 4 is 11.9 Å². The fraction of sp³-hybridized carbons (Fsp3) is 0.222. The lowest BCUT2D eigenvalue weighted by Crippen LogP contribution is -2.08. The number of esters is 1. The van der Waals surface area contributed by atoms with Crippen LogP contribution in [0.25, 0.3) is 11.1 Å². The zero-order valence-corrected chi connectivity index (χ0v) is 12.4. The first-order valence-electron chi connectivity index (χ1n) is 7.09. The monoisotopic (exact) mass is 298 g/mol. The van der Waals surface area contributed by atoms with E-state index in [4.69, 9.17) is 9.84 Å². The molecule has 114 valence electrons. The Morgan fingerprint density at radius 1 is 1.00 bits per heavy atom. The van der Waals surface area contributed by atoms with Gasteiger partial charge in [-0.2, -0.15) is 0 Å². The topological polar surface area (TPSA) is 63.6 Å². The van der Waals surface area contributed by atoms with Crippen molar-refractivity contribution in [2.45, 2.75) is 26.4 Å². The largest absolute Gasteiger partial charge is 0.481 e. The summed E-state index contributed by atoms with van der Waals surface area (Å²) in [7, 11) is 0. The van der Waals surface area contributed by atoms with E-state index in [9.17, 15) is 9.59 Å². The third kappa shape index (κ3) is 4.19. The second-order valence-corrected chi connectivity index (χ2v) is 5.01. The number of hydrogen-bond acceptors (Lipinski definition) is 3. The normalized spacial score (nSPS) is 10.2. The van der Waals surface area contributed by atoms with Gasteiger partial charge in [-0.05, 0) is 29.2 Å². The third-order valence-corrected chi connectivity index (χ3v) is 3.46. The zero-order valence-electron chi connectivity index (χ0n) is 12.4. The molecule has 2 rings (SSSR count). The molecule has 0 bridgehead atoms. The SMILES string of the molecule is Cc1c(COC(=O)CCC(=O)O)cccc1-c1ccccc1. The van der Waals surface area contributed by atoms with Gasteiger partial charge in [0.2, 0.25) is 0 Å². The molecular weight excluding hydrogens is 280 g/mol. The Morgan fingerprint density at radius 2 is 1.73 bits per heavy atom. The number of ether oxygens (including phenoxy) is 1. The van der Waals surface area contributed by atoms with Crippen LogP contribution in [0, 0.1) is 6.92 Å². The highest BCUT2D eigenvalue weighted by Crippen LogP contribution is 2.25. The minimum atomic E-state index is -1.00. The predicted molar refractivity (Wildman–Crippen MR) is 83.3 cm³/mol. The van der Waals surface area contributed by atoms with Gasteiger partial charge in [0.1, 0.15) is 6.61 Å². The van der Waals surface area contributed by atoms with E-state index in [0.717, 1.165) is 22.3 Å². The van der Waals surface area contributed by atoms with Gasteiger partial charge in [0.25, 0.3) is 0 Å². The number of carbonyl (C=O) groups is 2. The Kier molecular flexibility index (Phi) is 5.31. The van der Waals surface area contributed by atoms with Crippen molar-refractivity contribution in [3.05, 3.63) is 59.7 Å². The van der Waals surface area contributed by atoms with E-state index in [1.54, 1.807) is 0 Å². The molecule has 0 unspecified atom stereocenters. The van der Waals surface area contributed by atoms with Crippen molar-refractivity contribution in [2.75, 3.05) is 0 Å². The average Bonchev–Trinajstić information content (AvgIpc) is 2.52. The maximum atomic E-state index is 11.5. The summed E-state index contributed by atoms with van der Waals surface area (Å²) in [5.74, 6) is -1.49. The summed E-state index contributed by atoms with van der Waals surface area (Å²) in [5, 5.41) is 8.55. The van der Waals surface area contributed by atoms with Crippen molar-refractivity contribution in [2.24, 2.45) is 0 Å². The Hall–Kier alpha value is -2.62. The standard InChI is InChI=1S/C18H18O4/c1-13-15(12-22-18(21)11-10-17(19)20)8-5-9-16(13)14-6-3-2-4-7-14/h2-9H,10-12H2,1H3,(H,19,20). The summed E-state index contributed by atoms with van der Waals surface area (Å²) < 4.78 is 5.15. The van der Waals surface area contributed by atoms with E-state index in [1.807, 2.05) is 55.5 Å². The van der Waals surface area contributed by atoms with E-state index >= 15 is 0 Å². The van der Waals surface area contributed by atoms with Crippen LogP contribution in [-0.2, 0) is 20.9 Å². The Balaban J connectivity index is 2.07. The Morgan fingerprint density at radius 3 is 2.41 bits per heavy atom. The molecule has 0 saturated heterocycles. The van der Waals surface area contributed by atoms with Crippen LogP contribution in [0.5, 0.6) is 0 Å². The summed E-state index contributed by atoms with van der Waals surface area (Å²) in [6.07, 6.45) is -0.311. The van der Waals surface area contributed by atoms with Crippen molar-refractivity contribution in [3.8, 4) is 11.1 Å². The zero-order chi connectivity index (χ0) is 15.9. The summed E-state index contributed by atoms with van der Waals surface area (Å²) in [5.41, 5.74) is 4.18. The first-order chi connectivity index (χ1) is 10.6. The van der Waals surface area contributed by atoms with Crippen LogP contribution in [0.4, 0.5) is 0 Å². The molecule has 0 aliphatic carbocycles. The van der Waals surface area contributed by atoms with Gasteiger partial charge in [0.05, 0.1) is 12.8 Å². The molecule has 2 aromatic rings. The molecule has 0 aliphatic rings. The molecule has 0 amide bonds. The van der Waals surface area contributed by atoms with Crippen LogP contribution in [0.2, 0.25) is 0 Å². The molecular formula is C18H18O4. The molecule has 0 spiro atoms. The number of carboxylic acid groups (broad SMARTS) is 1. The molecule has 0 aliphatic heterocycles. The lowest BCUT2D eigenvalue weighted by molar-refractivity contribution is -0.148. The number of aliphatic carboxylic acids is 1. The molecule has 22 heavy (non-hydrogen) atoms. The minimum Gasteiger partial charge on any atom is -0.481 e. The third-order valence-electron chi connectivity index (χ3n) is 3.46. The minimum absolute atomic E-state index is 0.104. The van der Waals surface area contributed by atoms with E-state index in [1.165, 1.54) is 0 Å². The average molecular weight is 298 g/mol. The Labute approximate surface area is 129 Å². The van der Waals surface area contributed by atoms with Crippen molar-refractivity contribution in [1.29, 1.82) is 0 Å².